The quantitative estimate of drug-likeness (QED) is 0.875. The lowest BCUT2D eigenvalue weighted by Crippen LogP contribution is -2.43. The van der Waals surface area contributed by atoms with E-state index in [1.807, 2.05) is 35.2 Å². The Hall–Kier alpha value is -1.88. The van der Waals surface area contributed by atoms with Gasteiger partial charge in [0.05, 0.1) is 0 Å². The third-order valence-electron chi connectivity index (χ3n) is 4.34. The summed E-state index contributed by atoms with van der Waals surface area (Å²) in [5, 5.41) is 2.81. The first-order valence-corrected chi connectivity index (χ1v) is 8.28. The van der Waals surface area contributed by atoms with Gasteiger partial charge in [0.2, 0.25) is 5.91 Å². The van der Waals surface area contributed by atoms with Crippen LogP contribution in [0.4, 0.5) is 0 Å². The molecule has 2 amide bonds. The Bertz CT molecular complexity index is 518. The topological polar surface area (TPSA) is 58.6 Å². The van der Waals surface area contributed by atoms with Crippen molar-refractivity contribution in [3.8, 4) is 0 Å². The number of rotatable bonds is 6. The van der Waals surface area contributed by atoms with E-state index in [-0.39, 0.29) is 11.8 Å². The smallest absolute Gasteiger partial charge is 0.253 e. The number of hydrogen-bond donors (Lipinski definition) is 1. The van der Waals surface area contributed by atoms with Crippen LogP contribution >= 0.6 is 0 Å². The molecule has 5 heteroatoms. The molecule has 23 heavy (non-hydrogen) atoms. The number of nitrogens with zero attached hydrogens (tertiary/aromatic N) is 1. The van der Waals surface area contributed by atoms with Crippen molar-refractivity contribution in [3.05, 3.63) is 35.9 Å². The Morgan fingerprint density at radius 3 is 2.70 bits per heavy atom. The van der Waals surface area contributed by atoms with E-state index >= 15 is 0 Å². The van der Waals surface area contributed by atoms with Gasteiger partial charge in [-0.25, -0.2) is 0 Å². The maximum absolute atomic E-state index is 12.2. The number of benzene rings is 1. The first kappa shape index (κ1) is 17.5. The molecule has 1 aromatic carbocycles. The number of likely N-dealkylation sites (tertiary alicyclic amines) is 1. The highest BCUT2D eigenvalue weighted by Crippen LogP contribution is 2.18. The van der Waals surface area contributed by atoms with Crippen LogP contribution in [0.5, 0.6) is 0 Å². The molecule has 0 radical (unpaired) electrons. The number of piperidine rings is 1. The van der Waals surface area contributed by atoms with Crippen LogP contribution in [-0.4, -0.2) is 43.0 Å². The Balaban J connectivity index is 1.80. The molecule has 0 spiro atoms. The number of amides is 2. The first-order chi connectivity index (χ1) is 11.1. The largest absolute Gasteiger partial charge is 0.367 e. The van der Waals surface area contributed by atoms with Crippen LogP contribution in [0, 0.1) is 0 Å². The second-order valence-corrected chi connectivity index (χ2v) is 6.00. The molecule has 0 aliphatic carbocycles. The van der Waals surface area contributed by atoms with E-state index in [1.54, 1.807) is 0 Å². The van der Waals surface area contributed by atoms with Gasteiger partial charge in [-0.3, -0.25) is 9.59 Å². The molecule has 1 fully saturated rings. The summed E-state index contributed by atoms with van der Waals surface area (Å²) in [5.74, 6) is -0.0932. The molecule has 0 aromatic heterocycles. The summed E-state index contributed by atoms with van der Waals surface area (Å²) in [5.41, 5.74) is 0.809. The first-order valence-electron chi connectivity index (χ1n) is 8.28. The third kappa shape index (κ3) is 4.79. The molecule has 1 heterocycles. The maximum atomic E-state index is 12.2. The van der Waals surface area contributed by atoms with E-state index in [0.29, 0.717) is 19.0 Å². The minimum Gasteiger partial charge on any atom is -0.367 e. The van der Waals surface area contributed by atoms with Gasteiger partial charge in [-0.1, -0.05) is 30.3 Å². The zero-order valence-electron chi connectivity index (χ0n) is 14.0. The summed E-state index contributed by atoms with van der Waals surface area (Å²) in [7, 11) is 1.51. The number of ether oxygens (including phenoxy) is 1. The summed E-state index contributed by atoms with van der Waals surface area (Å²) in [6, 6.07) is 9.66. The summed E-state index contributed by atoms with van der Waals surface area (Å²) in [6.07, 6.45) is 3.02. The number of carbonyl (C=O) groups excluding carboxylic acids is 2. The van der Waals surface area contributed by atoms with Crippen molar-refractivity contribution in [1.29, 1.82) is 0 Å². The molecule has 1 aromatic rings. The molecular formula is C18H26N2O3. The van der Waals surface area contributed by atoms with Gasteiger partial charge in [-0.15, -0.1) is 0 Å². The SMILES string of the molecule is CO[C@H](C(=O)NCCC(=O)N1CCCC[C@H]1C)c1ccccc1. The van der Waals surface area contributed by atoms with Crippen LogP contribution in [0.25, 0.3) is 0 Å². The van der Waals surface area contributed by atoms with E-state index in [2.05, 4.69) is 12.2 Å². The lowest BCUT2D eigenvalue weighted by atomic mass is 10.0. The minimum atomic E-state index is -0.639. The summed E-state index contributed by atoms with van der Waals surface area (Å²) < 4.78 is 5.28. The van der Waals surface area contributed by atoms with Gasteiger partial charge in [-0.05, 0) is 31.7 Å². The van der Waals surface area contributed by atoms with E-state index < -0.39 is 6.10 Å². The highest BCUT2D eigenvalue weighted by molar-refractivity contribution is 5.83. The second kappa shape index (κ2) is 8.67. The van der Waals surface area contributed by atoms with Crippen molar-refractivity contribution in [2.75, 3.05) is 20.2 Å². The van der Waals surface area contributed by atoms with Crippen molar-refractivity contribution in [2.24, 2.45) is 0 Å². The average Bonchev–Trinajstić information content (AvgIpc) is 2.57. The van der Waals surface area contributed by atoms with Crippen molar-refractivity contribution < 1.29 is 14.3 Å². The van der Waals surface area contributed by atoms with E-state index in [0.717, 1.165) is 24.9 Å². The zero-order valence-corrected chi connectivity index (χ0v) is 14.0. The zero-order chi connectivity index (χ0) is 16.7. The maximum Gasteiger partial charge on any atom is 0.253 e. The third-order valence-corrected chi connectivity index (χ3v) is 4.34. The van der Waals surface area contributed by atoms with Crippen LogP contribution in [0.15, 0.2) is 30.3 Å². The van der Waals surface area contributed by atoms with Gasteiger partial charge < -0.3 is 15.0 Å². The highest BCUT2D eigenvalue weighted by atomic mass is 16.5. The Kier molecular flexibility index (Phi) is 6.59. The molecule has 2 atom stereocenters. The number of hydrogen-bond acceptors (Lipinski definition) is 3. The van der Waals surface area contributed by atoms with E-state index in [9.17, 15) is 9.59 Å². The molecule has 1 aliphatic rings. The molecule has 5 nitrogen and oxygen atoms in total. The summed E-state index contributed by atoms with van der Waals surface area (Å²) in [4.78, 5) is 26.4. The molecule has 0 unspecified atom stereocenters. The monoisotopic (exact) mass is 318 g/mol. The Labute approximate surface area is 138 Å². The highest BCUT2D eigenvalue weighted by Gasteiger charge is 2.24. The number of methoxy groups -OCH3 is 1. The lowest BCUT2D eigenvalue weighted by Gasteiger charge is -2.33. The predicted molar refractivity (Wildman–Crippen MR) is 88.8 cm³/mol. The fourth-order valence-electron chi connectivity index (χ4n) is 3.02. The van der Waals surface area contributed by atoms with Gasteiger partial charge in [0, 0.05) is 32.7 Å². The fourth-order valence-corrected chi connectivity index (χ4v) is 3.02. The van der Waals surface area contributed by atoms with Crippen LogP contribution < -0.4 is 5.32 Å². The van der Waals surface area contributed by atoms with Gasteiger partial charge >= 0.3 is 0 Å². The van der Waals surface area contributed by atoms with Crippen LogP contribution in [-0.2, 0) is 14.3 Å². The van der Waals surface area contributed by atoms with Gasteiger partial charge in [0.15, 0.2) is 6.10 Å². The van der Waals surface area contributed by atoms with Crippen molar-refractivity contribution in [2.45, 2.75) is 44.8 Å². The van der Waals surface area contributed by atoms with Crippen molar-refractivity contribution in [3.63, 3.8) is 0 Å². The standard InChI is InChI=1S/C18H26N2O3/c1-14-8-6-7-13-20(14)16(21)11-12-19-18(22)17(23-2)15-9-4-3-5-10-15/h3-5,9-10,14,17H,6-8,11-13H2,1-2H3,(H,19,22)/t14-,17+/m1/s1. The van der Waals surface area contributed by atoms with Crippen LogP contribution in [0.2, 0.25) is 0 Å². The lowest BCUT2D eigenvalue weighted by molar-refractivity contribution is -0.135. The van der Waals surface area contributed by atoms with Gasteiger partial charge in [-0.2, -0.15) is 0 Å². The molecule has 0 bridgehead atoms. The normalized spacial score (nSPS) is 19.2. The van der Waals surface area contributed by atoms with Crippen molar-refractivity contribution in [1.82, 2.24) is 10.2 Å². The molecule has 2 rings (SSSR count). The predicted octanol–water partition coefficient (Wildman–Crippen LogP) is 2.28. The molecule has 1 saturated heterocycles. The molecule has 1 aliphatic heterocycles. The number of carbonyl (C=O) groups is 2. The van der Waals surface area contributed by atoms with E-state index in [4.69, 9.17) is 4.74 Å². The Morgan fingerprint density at radius 2 is 2.04 bits per heavy atom. The van der Waals surface area contributed by atoms with Gasteiger partial charge in [0.25, 0.3) is 5.91 Å². The molecular weight excluding hydrogens is 292 g/mol. The Morgan fingerprint density at radius 1 is 1.30 bits per heavy atom. The summed E-state index contributed by atoms with van der Waals surface area (Å²) >= 11 is 0. The van der Waals surface area contributed by atoms with Crippen LogP contribution in [0.1, 0.15) is 44.3 Å². The molecule has 1 N–H and O–H groups in total. The van der Waals surface area contributed by atoms with Crippen molar-refractivity contribution >= 4 is 11.8 Å². The van der Waals surface area contributed by atoms with E-state index in [1.165, 1.54) is 13.5 Å². The minimum absolute atomic E-state index is 0.117. The summed E-state index contributed by atoms with van der Waals surface area (Å²) in [6.45, 7) is 3.26. The molecule has 0 saturated carbocycles. The molecule has 126 valence electrons. The van der Waals surface area contributed by atoms with Crippen LogP contribution in [0.3, 0.4) is 0 Å². The number of nitrogens with one attached hydrogen (secondary N) is 1. The second-order valence-electron chi connectivity index (χ2n) is 6.00. The average molecular weight is 318 g/mol. The fraction of sp³-hybridized carbons (Fsp3) is 0.556. The van der Waals surface area contributed by atoms with Gasteiger partial charge in [0.1, 0.15) is 0 Å².